The molecule has 1 aliphatic heterocycles. The predicted octanol–water partition coefficient (Wildman–Crippen LogP) is 2.79. The summed E-state index contributed by atoms with van der Waals surface area (Å²) in [6.45, 7) is 3.37. The van der Waals surface area contributed by atoms with Crippen LogP contribution < -0.4 is 4.90 Å². The molecule has 9 nitrogen and oxygen atoms in total. The zero-order chi connectivity index (χ0) is 20.1. The lowest BCUT2D eigenvalue weighted by molar-refractivity contribution is -0.384. The maximum absolute atomic E-state index is 12.5. The molecule has 0 spiro atoms. The molecule has 2 N–H and O–H groups in total. The number of benzene rings is 1. The molecule has 0 unspecified atom stereocenters. The van der Waals surface area contributed by atoms with Crippen LogP contribution in [0.1, 0.15) is 37.0 Å². The number of ether oxygens (including phenoxy) is 1. The van der Waals surface area contributed by atoms with Gasteiger partial charge in [0.1, 0.15) is 12.4 Å². The average Bonchev–Trinajstić information content (AvgIpc) is 3.12. The molecular formula is C18H21N3O6. The molecule has 1 aliphatic rings. The van der Waals surface area contributed by atoms with Gasteiger partial charge in [-0.15, -0.1) is 0 Å². The zero-order valence-electron chi connectivity index (χ0n) is 15.2. The second kappa shape index (κ2) is 8.43. The van der Waals surface area contributed by atoms with Crippen LogP contribution in [-0.4, -0.2) is 47.2 Å². The number of hydrogen-bond acceptors (Lipinski definition) is 8. The summed E-state index contributed by atoms with van der Waals surface area (Å²) < 4.78 is 5.06. The number of nitrogens with one attached hydrogen (secondary N) is 1. The third kappa shape index (κ3) is 4.69. The minimum absolute atomic E-state index is 0.0230. The van der Waals surface area contributed by atoms with E-state index in [2.05, 4.69) is 0 Å². The number of esters is 1. The second-order valence-corrected chi connectivity index (χ2v) is 6.23. The number of nitro benzene ring substituents is 1. The topological polar surface area (TPSA) is 134 Å². The molecule has 1 aromatic carbocycles. The number of Topliss-reactive ketones (excluding diaryl/α,β-unsaturated/α-hetero) is 1. The number of nitro groups is 1. The summed E-state index contributed by atoms with van der Waals surface area (Å²) in [5, 5.41) is 28.6. The Hall–Kier alpha value is -3.23. The van der Waals surface area contributed by atoms with Gasteiger partial charge in [-0.25, -0.2) is 4.79 Å². The van der Waals surface area contributed by atoms with Gasteiger partial charge in [0, 0.05) is 30.9 Å². The molecule has 0 bridgehead atoms. The van der Waals surface area contributed by atoms with E-state index in [0.717, 1.165) is 32.0 Å². The van der Waals surface area contributed by atoms with Crippen molar-refractivity contribution in [3.63, 3.8) is 0 Å². The fourth-order valence-corrected chi connectivity index (χ4v) is 3.00. The van der Waals surface area contributed by atoms with Crippen molar-refractivity contribution in [3.05, 3.63) is 45.2 Å². The van der Waals surface area contributed by atoms with Gasteiger partial charge in [-0.3, -0.25) is 14.9 Å². The Morgan fingerprint density at radius 2 is 1.93 bits per heavy atom. The SMILES string of the molecule is CC(=N)/C(C(C)=O)=C(/O)COC(=O)c1cc([N+](=O)[O-])ccc1N1CCCC1. The molecule has 0 radical (unpaired) electrons. The van der Waals surface area contributed by atoms with E-state index in [0.29, 0.717) is 5.69 Å². The predicted molar refractivity (Wildman–Crippen MR) is 98.6 cm³/mol. The number of aliphatic hydroxyl groups excluding tert-OH is 1. The van der Waals surface area contributed by atoms with E-state index in [4.69, 9.17) is 10.1 Å². The number of aliphatic hydroxyl groups is 1. The number of nitrogens with zero attached hydrogens (tertiary/aromatic N) is 2. The van der Waals surface area contributed by atoms with Gasteiger partial charge in [0.15, 0.2) is 5.78 Å². The molecule has 1 heterocycles. The Morgan fingerprint density at radius 3 is 2.44 bits per heavy atom. The van der Waals surface area contributed by atoms with Crippen molar-refractivity contribution >= 4 is 28.8 Å². The lowest BCUT2D eigenvalue weighted by atomic mass is 10.1. The van der Waals surface area contributed by atoms with E-state index >= 15 is 0 Å². The van der Waals surface area contributed by atoms with E-state index in [1.54, 1.807) is 0 Å². The van der Waals surface area contributed by atoms with Crippen LogP contribution in [0.4, 0.5) is 11.4 Å². The molecule has 0 saturated carbocycles. The summed E-state index contributed by atoms with van der Waals surface area (Å²) in [5.41, 5.74) is -0.0633. The van der Waals surface area contributed by atoms with E-state index in [9.17, 15) is 24.8 Å². The van der Waals surface area contributed by atoms with Gasteiger partial charge in [0.25, 0.3) is 5.69 Å². The van der Waals surface area contributed by atoms with Gasteiger partial charge in [-0.05, 0) is 32.8 Å². The molecular weight excluding hydrogens is 354 g/mol. The molecule has 1 saturated heterocycles. The number of non-ortho nitro benzene ring substituents is 1. The molecule has 1 fully saturated rings. The summed E-state index contributed by atoms with van der Waals surface area (Å²) in [6, 6.07) is 3.98. The van der Waals surface area contributed by atoms with Crippen molar-refractivity contribution in [2.24, 2.45) is 0 Å². The first-order valence-corrected chi connectivity index (χ1v) is 8.41. The Morgan fingerprint density at radius 1 is 1.30 bits per heavy atom. The molecule has 0 aliphatic carbocycles. The molecule has 0 atom stereocenters. The third-order valence-electron chi connectivity index (χ3n) is 4.21. The monoisotopic (exact) mass is 375 g/mol. The maximum Gasteiger partial charge on any atom is 0.340 e. The van der Waals surface area contributed by atoms with Crippen molar-refractivity contribution in [2.45, 2.75) is 26.7 Å². The number of anilines is 1. The largest absolute Gasteiger partial charge is 0.508 e. The quantitative estimate of drug-likeness (QED) is 0.187. The zero-order valence-corrected chi connectivity index (χ0v) is 15.2. The number of allylic oxidation sites excluding steroid dienone is 1. The van der Waals surface area contributed by atoms with Crippen LogP contribution in [-0.2, 0) is 9.53 Å². The van der Waals surface area contributed by atoms with Crippen LogP contribution in [0.3, 0.4) is 0 Å². The van der Waals surface area contributed by atoms with Gasteiger partial charge < -0.3 is 20.2 Å². The normalized spacial score (nSPS) is 14.5. The Kier molecular flexibility index (Phi) is 6.27. The van der Waals surface area contributed by atoms with E-state index in [1.807, 2.05) is 4.90 Å². The van der Waals surface area contributed by atoms with Gasteiger partial charge in [-0.1, -0.05) is 0 Å². The van der Waals surface area contributed by atoms with Crippen molar-refractivity contribution < 1.29 is 24.4 Å². The smallest absolute Gasteiger partial charge is 0.340 e. The van der Waals surface area contributed by atoms with Gasteiger partial charge in [0.2, 0.25) is 0 Å². The first-order valence-electron chi connectivity index (χ1n) is 8.41. The summed E-state index contributed by atoms with van der Waals surface area (Å²) >= 11 is 0. The van der Waals surface area contributed by atoms with Crippen molar-refractivity contribution in [3.8, 4) is 0 Å². The lowest BCUT2D eigenvalue weighted by Crippen LogP contribution is -2.22. The molecule has 0 amide bonds. The summed E-state index contributed by atoms with van der Waals surface area (Å²) in [6.07, 6.45) is 1.91. The van der Waals surface area contributed by atoms with Crippen LogP contribution in [0.2, 0.25) is 0 Å². The minimum Gasteiger partial charge on any atom is -0.508 e. The molecule has 9 heteroatoms. The molecule has 144 valence electrons. The Bertz CT molecular complexity index is 808. The number of rotatable bonds is 7. The molecule has 27 heavy (non-hydrogen) atoms. The second-order valence-electron chi connectivity index (χ2n) is 6.23. The van der Waals surface area contributed by atoms with Gasteiger partial charge in [0.05, 0.1) is 21.7 Å². The lowest BCUT2D eigenvalue weighted by Gasteiger charge is -2.20. The highest BCUT2D eigenvalue weighted by atomic mass is 16.6. The maximum atomic E-state index is 12.5. The van der Waals surface area contributed by atoms with Gasteiger partial charge >= 0.3 is 5.97 Å². The third-order valence-corrected chi connectivity index (χ3v) is 4.21. The van der Waals surface area contributed by atoms with Crippen LogP contribution in [0.15, 0.2) is 29.5 Å². The number of carbonyl (C=O) groups is 2. The van der Waals surface area contributed by atoms with Crippen LogP contribution in [0.5, 0.6) is 0 Å². The summed E-state index contributed by atoms with van der Waals surface area (Å²) in [4.78, 5) is 36.4. The number of hydrogen-bond donors (Lipinski definition) is 2. The highest BCUT2D eigenvalue weighted by Crippen LogP contribution is 2.29. The first-order chi connectivity index (χ1) is 12.7. The van der Waals surface area contributed by atoms with Gasteiger partial charge in [-0.2, -0.15) is 0 Å². The highest BCUT2D eigenvalue weighted by molar-refractivity contribution is 6.20. The van der Waals surface area contributed by atoms with E-state index in [1.165, 1.54) is 26.0 Å². The Balaban J connectivity index is 2.30. The highest BCUT2D eigenvalue weighted by Gasteiger charge is 2.24. The summed E-state index contributed by atoms with van der Waals surface area (Å²) in [5.74, 6) is -1.90. The minimum atomic E-state index is -0.849. The number of ketones is 1. The molecule has 0 aromatic heterocycles. The Labute approximate surface area is 155 Å². The standard InChI is InChI=1S/C18H21N3O6/c1-11(19)17(12(2)22)16(23)10-27-18(24)14-9-13(21(25)26)5-6-15(14)20-7-3-4-8-20/h5-6,9,19,23H,3-4,7-8,10H2,1-2H3/b17-16-,19-11?. The number of carbonyl (C=O) groups excluding carboxylic acids is 2. The average molecular weight is 375 g/mol. The van der Waals surface area contributed by atoms with Crippen LogP contribution >= 0.6 is 0 Å². The van der Waals surface area contributed by atoms with Crippen molar-refractivity contribution in [2.75, 3.05) is 24.6 Å². The molecule has 1 aromatic rings. The summed E-state index contributed by atoms with van der Waals surface area (Å²) in [7, 11) is 0. The first kappa shape index (κ1) is 20.1. The van der Waals surface area contributed by atoms with E-state index in [-0.39, 0.29) is 22.5 Å². The molecule has 2 rings (SSSR count). The van der Waals surface area contributed by atoms with Crippen LogP contribution in [0.25, 0.3) is 0 Å². The van der Waals surface area contributed by atoms with Crippen molar-refractivity contribution in [1.29, 1.82) is 5.41 Å². The van der Waals surface area contributed by atoms with E-state index < -0.39 is 29.0 Å². The van der Waals surface area contributed by atoms with Crippen molar-refractivity contribution in [1.82, 2.24) is 0 Å². The fourth-order valence-electron chi connectivity index (χ4n) is 3.00. The van der Waals surface area contributed by atoms with Crippen LogP contribution in [0, 0.1) is 15.5 Å². The fraction of sp³-hybridized carbons (Fsp3) is 0.389.